The zero-order valence-corrected chi connectivity index (χ0v) is 14.1. The molecule has 0 saturated heterocycles. The van der Waals surface area contributed by atoms with Crippen molar-refractivity contribution in [1.82, 2.24) is 15.1 Å². The summed E-state index contributed by atoms with van der Waals surface area (Å²) in [4.78, 5) is 4.93. The zero-order chi connectivity index (χ0) is 15.3. The van der Waals surface area contributed by atoms with Gasteiger partial charge in [-0.3, -0.25) is 0 Å². The van der Waals surface area contributed by atoms with E-state index in [4.69, 9.17) is 0 Å². The van der Waals surface area contributed by atoms with Crippen molar-refractivity contribution in [2.75, 3.05) is 40.8 Å². The molecule has 1 aromatic carbocycles. The Kier molecular flexibility index (Phi) is 5.80. The van der Waals surface area contributed by atoms with Crippen LogP contribution in [0.4, 0.5) is 0 Å². The molecule has 1 saturated carbocycles. The lowest BCUT2D eigenvalue weighted by Gasteiger charge is -2.49. The molecular weight excluding hydrogens is 258 g/mol. The minimum Gasteiger partial charge on any atom is -0.309 e. The number of likely N-dealkylation sites (N-methyl/N-ethyl adjacent to an activating group) is 3. The summed E-state index contributed by atoms with van der Waals surface area (Å²) in [6.45, 7) is 5.41. The second-order valence-corrected chi connectivity index (χ2v) is 6.69. The van der Waals surface area contributed by atoms with Crippen LogP contribution in [0.1, 0.15) is 37.8 Å². The lowest BCUT2D eigenvalue weighted by atomic mass is 9.75. The lowest BCUT2D eigenvalue weighted by molar-refractivity contribution is 0.0256. The van der Waals surface area contributed by atoms with Crippen LogP contribution >= 0.6 is 0 Å². The molecule has 0 amide bonds. The highest BCUT2D eigenvalue weighted by atomic mass is 15.2. The maximum Gasteiger partial charge on any atom is 0.0449 e. The summed E-state index contributed by atoms with van der Waals surface area (Å²) in [6, 6.07) is 11.2. The predicted octanol–water partition coefficient (Wildman–Crippen LogP) is 2.75. The van der Waals surface area contributed by atoms with Gasteiger partial charge in [0.15, 0.2) is 0 Å². The third-order valence-corrected chi connectivity index (χ3v) is 4.94. The predicted molar refractivity (Wildman–Crippen MR) is 90.6 cm³/mol. The van der Waals surface area contributed by atoms with Gasteiger partial charge in [0.2, 0.25) is 0 Å². The monoisotopic (exact) mass is 289 g/mol. The smallest absolute Gasteiger partial charge is 0.0449 e. The summed E-state index contributed by atoms with van der Waals surface area (Å²) in [7, 11) is 6.72. The van der Waals surface area contributed by atoms with Crippen molar-refractivity contribution in [3.8, 4) is 0 Å². The molecule has 2 rings (SSSR count). The van der Waals surface area contributed by atoms with E-state index in [-0.39, 0.29) is 0 Å². The first-order valence-electron chi connectivity index (χ1n) is 8.22. The molecule has 3 nitrogen and oxygen atoms in total. The maximum absolute atomic E-state index is 3.63. The molecule has 3 heteroatoms. The van der Waals surface area contributed by atoms with Crippen LogP contribution in [0, 0.1) is 0 Å². The quantitative estimate of drug-likeness (QED) is 0.794. The van der Waals surface area contributed by atoms with Crippen molar-refractivity contribution in [2.24, 2.45) is 0 Å². The summed E-state index contributed by atoms with van der Waals surface area (Å²) in [5.74, 6) is 0. The van der Waals surface area contributed by atoms with E-state index in [0.29, 0.717) is 11.6 Å². The van der Waals surface area contributed by atoms with Gasteiger partial charge in [0, 0.05) is 24.7 Å². The zero-order valence-electron chi connectivity index (χ0n) is 14.1. The lowest BCUT2D eigenvalue weighted by Crippen LogP contribution is -2.57. The van der Waals surface area contributed by atoms with Crippen molar-refractivity contribution >= 4 is 0 Å². The third kappa shape index (κ3) is 4.06. The minimum atomic E-state index is 0.405. The van der Waals surface area contributed by atoms with E-state index in [1.807, 2.05) is 0 Å². The summed E-state index contributed by atoms with van der Waals surface area (Å²) >= 11 is 0. The molecule has 0 aromatic heterocycles. The molecule has 118 valence electrons. The third-order valence-electron chi connectivity index (χ3n) is 4.94. The Morgan fingerprint density at radius 1 is 1.14 bits per heavy atom. The van der Waals surface area contributed by atoms with Crippen LogP contribution in [-0.2, 0) is 0 Å². The Balaban J connectivity index is 1.97. The van der Waals surface area contributed by atoms with Gasteiger partial charge < -0.3 is 15.1 Å². The van der Waals surface area contributed by atoms with Crippen molar-refractivity contribution in [2.45, 2.75) is 37.8 Å². The van der Waals surface area contributed by atoms with Crippen LogP contribution in [-0.4, -0.2) is 56.1 Å². The SMILES string of the molecule is CCNC(CN(C)CC1(N(C)C)CCC1)c1ccccc1. The van der Waals surface area contributed by atoms with E-state index in [1.54, 1.807) is 0 Å². The number of nitrogens with one attached hydrogen (secondary N) is 1. The van der Waals surface area contributed by atoms with Crippen LogP contribution in [0.3, 0.4) is 0 Å². The average Bonchev–Trinajstić information content (AvgIpc) is 2.43. The second kappa shape index (κ2) is 7.39. The Labute approximate surface area is 130 Å². The van der Waals surface area contributed by atoms with Crippen LogP contribution in [0.2, 0.25) is 0 Å². The van der Waals surface area contributed by atoms with Crippen molar-refractivity contribution in [3.05, 3.63) is 35.9 Å². The molecular formula is C18H31N3. The number of hydrogen-bond acceptors (Lipinski definition) is 3. The Bertz CT molecular complexity index is 412. The molecule has 1 atom stereocenters. The Morgan fingerprint density at radius 3 is 2.29 bits per heavy atom. The fourth-order valence-electron chi connectivity index (χ4n) is 3.43. The number of hydrogen-bond donors (Lipinski definition) is 1. The van der Waals surface area contributed by atoms with Crippen molar-refractivity contribution in [3.63, 3.8) is 0 Å². The van der Waals surface area contributed by atoms with Gasteiger partial charge in [-0.15, -0.1) is 0 Å². The van der Waals surface area contributed by atoms with Gasteiger partial charge >= 0.3 is 0 Å². The van der Waals surface area contributed by atoms with Crippen LogP contribution in [0.15, 0.2) is 30.3 Å². The summed E-state index contributed by atoms with van der Waals surface area (Å²) in [6.07, 6.45) is 4.05. The number of nitrogens with zero attached hydrogens (tertiary/aromatic N) is 2. The van der Waals surface area contributed by atoms with E-state index >= 15 is 0 Å². The van der Waals surface area contributed by atoms with Gasteiger partial charge in [0.25, 0.3) is 0 Å². The Hall–Kier alpha value is -0.900. The molecule has 1 fully saturated rings. The molecule has 21 heavy (non-hydrogen) atoms. The second-order valence-electron chi connectivity index (χ2n) is 6.69. The molecule has 1 unspecified atom stereocenters. The Morgan fingerprint density at radius 2 is 1.81 bits per heavy atom. The van der Waals surface area contributed by atoms with Crippen LogP contribution in [0.25, 0.3) is 0 Å². The normalized spacial score (nSPS) is 18.8. The first-order chi connectivity index (χ1) is 10.1. The van der Waals surface area contributed by atoms with E-state index in [2.05, 4.69) is 73.5 Å². The fourth-order valence-corrected chi connectivity index (χ4v) is 3.43. The van der Waals surface area contributed by atoms with Crippen molar-refractivity contribution in [1.29, 1.82) is 0 Å². The number of benzene rings is 1. The first kappa shape index (κ1) is 16.5. The molecule has 0 aliphatic heterocycles. The molecule has 0 radical (unpaired) electrons. The first-order valence-corrected chi connectivity index (χ1v) is 8.22. The van der Waals surface area contributed by atoms with E-state index in [0.717, 1.165) is 19.6 Å². The summed E-state index contributed by atoms with van der Waals surface area (Å²) in [5, 5.41) is 3.63. The van der Waals surface area contributed by atoms with Crippen molar-refractivity contribution < 1.29 is 0 Å². The average molecular weight is 289 g/mol. The molecule has 0 spiro atoms. The maximum atomic E-state index is 3.63. The van der Waals surface area contributed by atoms with Gasteiger partial charge in [0.1, 0.15) is 0 Å². The highest BCUT2D eigenvalue weighted by Gasteiger charge is 2.39. The molecule has 0 heterocycles. The van der Waals surface area contributed by atoms with Crippen LogP contribution < -0.4 is 5.32 Å². The molecule has 1 aliphatic rings. The van der Waals surface area contributed by atoms with Gasteiger partial charge in [-0.2, -0.15) is 0 Å². The van der Waals surface area contributed by atoms with Gasteiger partial charge in [-0.25, -0.2) is 0 Å². The summed E-state index contributed by atoms with van der Waals surface area (Å²) in [5.41, 5.74) is 1.79. The summed E-state index contributed by atoms with van der Waals surface area (Å²) < 4.78 is 0. The standard InChI is InChI=1S/C18H31N3/c1-5-19-17(16-10-7-6-8-11-16)14-21(4)15-18(20(2)3)12-9-13-18/h6-8,10-11,17,19H,5,9,12-15H2,1-4H3. The van der Waals surface area contributed by atoms with E-state index in [9.17, 15) is 0 Å². The highest BCUT2D eigenvalue weighted by Crippen LogP contribution is 2.36. The van der Waals surface area contributed by atoms with E-state index < -0.39 is 0 Å². The molecule has 1 aliphatic carbocycles. The molecule has 1 N–H and O–H groups in total. The van der Waals surface area contributed by atoms with E-state index in [1.165, 1.54) is 24.8 Å². The van der Waals surface area contributed by atoms with Gasteiger partial charge in [-0.05, 0) is 52.5 Å². The fraction of sp³-hybridized carbons (Fsp3) is 0.667. The largest absolute Gasteiger partial charge is 0.309 e. The van der Waals surface area contributed by atoms with Gasteiger partial charge in [-0.1, -0.05) is 37.3 Å². The topological polar surface area (TPSA) is 18.5 Å². The molecule has 0 bridgehead atoms. The number of rotatable bonds is 8. The molecule has 1 aromatic rings. The van der Waals surface area contributed by atoms with Crippen LogP contribution in [0.5, 0.6) is 0 Å². The highest BCUT2D eigenvalue weighted by molar-refractivity contribution is 5.19. The van der Waals surface area contributed by atoms with Gasteiger partial charge in [0.05, 0.1) is 0 Å². The minimum absolute atomic E-state index is 0.405.